The largest absolute Gasteiger partial charge is 0.217 e. The first-order chi connectivity index (χ1) is 15.3. The summed E-state index contributed by atoms with van der Waals surface area (Å²) in [5.41, 5.74) is 6.42. The molecule has 0 unspecified atom stereocenters. The van der Waals surface area contributed by atoms with Crippen LogP contribution in [0.2, 0.25) is 5.02 Å². The van der Waals surface area contributed by atoms with Crippen LogP contribution in [0.25, 0.3) is 45.0 Å². The first-order valence-corrected chi connectivity index (χ1v) is 10.4. The number of aromatic nitrogens is 3. The summed E-state index contributed by atoms with van der Waals surface area (Å²) in [6.45, 7) is 0. The standard InChI is InChI=1S/C27H18ClN3/c28-25-15-13-21(14-16-25)23-7-4-8-24(17-23)27-30-18-29-26(31-27)22-11-9-20(10-12-22)19-5-2-1-3-6-19/h1-18H. The van der Waals surface area contributed by atoms with Gasteiger partial charge in [-0.25, -0.2) is 15.0 Å². The van der Waals surface area contributed by atoms with Gasteiger partial charge in [0.05, 0.1) is 0 Å². The molecule has 0 saturated carbocycles. The molecule has 0 spiro atoms. The van der Waals surface area contributed by atoms with E-state index in [1.807, 2.05) is 66.7 Å². The molecule has 5 aromatic rings. The van der Waals surface area contributed by atoms with Crippen molar-refractivity contribution in [2.24, 2.45) is 0 Å². The molecule has 1 heterocycles. The Kier molecular flexibility index (Phi) is 5.26. The molecule has 0 bridgehead atoms. The van der Waals surface area contributed by atoms with Crippen LogP contribution in [-0.4, -0.2) is 15.0 Å². The molecule has 0 amide bonds. The molecule has 4 heteroatoms. The zero-order chi connectivity index (χ0) is 21.0. The molecule has 1 aromatic heterocycles. The summed E-state index contributed by atoms with van der Waals surface area (Å²) in [6.07, 6.45) is 1.57. The molecule has 0 atom stereocenters. The number of hydrogen-bond acceptors (Lipinski definition) is 3. The second-order valence-electron chi connectivity index (χ2n) is 7.16. The van der Waals surface area contributed by atoms with Gasteiger partial charge in [0.25, 0.3) is 0 Å². The van der Waals surface area contributed by atoms with E-state index >= 15 is 0 Å². The molecule has 148 valence electrons. The summed E-state index contributed by atoms with van der Waals surface area (Å²) >= 11 is 6.02. The summed E-state index contributed by atoms with van der Waals surface area (Å²) in [5.74, 6) is 1.30. The van der Waals surface area contributed by atoms with Crippen molar-refractivity contribution in [3.05, 3.63) is 114 Å². The normalized spacial score (nSPS) is 10.7. The summed E-state index contributed by atoms with van der Waals surface area (Å²) in [7, 11) is 0. The van der Waals surface area contributed by atoms with Crippen molar-refractivity contribution in [2.75, 3.05) is 0 Å². The van der Waals surface area contributed by atoms with Crippen LogP contribution in [0.15, 0.2) is 109 Å². The van der Waals surface area contributed by atoms with Crippen molar-refractivity contribution in [2.45, 2.75) is 0 Å². The number of hydrogen-bond donors (Lipinski definition) is 0. The van der Waals surface area contributed by atoms with Gasteiger partial charge in [-0.15, -0.1) is 0 Å². The second-order valence-corrected chi connectivity index (χ2v) is 7.60. The van der Waals surface area contributed by atoms with E-state index in [4.69, 9.17) is 16.6 Å². The molecule has 3 nitrogen and oxygen atoms in total. The molecule has 4 aromatic carbocycles. The van der Waals surface area contributed by atoms with E-state index in [-0.39, 0.29) is 0 Å². The smallest absolute Gasteiger partial charge is 0.163 e. The van der Waals surface area contributed by atoms with E-state index in [2.05, 4.69) is 46.4 Å². The summed E-state index contributed by atoms with van der Waals surface area (Å²) in [5, 5.41) is 0.722. The lowest BCUT2D eigenvalue weighted by Gasteiger charge is -2.07. The molecule has 31 heavy (non-hydrogen) atoms. The van der Waals surface area contributed by atoms with Crippen LogP contribution in [0.4, 0.5) is 0 Å². The topological polar surface area (TPSA) is 38.7 Å². The van der Waals surface area contributed by atoms with Crippen molar-refractivity contribution in [3.8, 4) is 45.0 Å². The Bertz CT molecular complexity index is 1320. The third-order valence-corrected chi connectivity index (χ3v) is 5.37. The van der Waals surface area contributed by atoms with E-state index in [9.17, 15) is 0 Å². The van der Waals surface area contributed by atoms with Crippen LogP contribution >= 0.6 is 11.6 Å². The predicted octanol–water partition coefficient (Wildman–Crippen LogP) is 7.19. The fourth-order valence-corrected chi connectivity index (χ4v) is 3.62. The fraction of sp³-hybridized carbons (Fsp3) is 0. The SMILES string of the molecule is Clc1ccc(-c2cccc(-c3ncnc(-c4ccc(-c5ccccc5)cc4)n3)c2)cc1. The molecule has 5 rings (SSSR count). The Morgan fingerprint density at radius 1 is 0.452 bits per heavy atom. The zero-order valence-corrected chi connectivity index (χ0v) is 17.4. The molecule has 0 fully saturated rings. The Balaban J connectivity index is 1.46. The van der Waals surface area contributed by atoms with Crippen molar-refractivity contribution < 1.29 is 0 Å². The Hall–Kier alpha value is -3.82. The Morgan fingerprint density at radius 3 is 1.71 bits per heavy atom. The molecule has 0 N–H and O–H groups in total. The molecule has 0 aliphatic rings. The van der Waals surface area contributed by atoms with E-state index < -0.39 is 0 Å². The summed E-state index contributed by atoms with van der Waals surface area (Å²) in [6, 6.07) is 34.6. The van der Waals surface area contributed by atoms with Gasteiger partial charge in [0.2, 0.25) is 0 Å². The molecular formula is C27H18ClN3. The number of nitrogens with zero attached hydrogens (tertiary/aromatic N) is 3. The highest BCUT2D eigenvalue weighted by molar-refractivity contribution is 6.30. The number of halogens is 1. The fourth-order valence-electron chi connectivity index (χ4n) is 3.50. The van der Waals surface area contributed by atoms with E-state index in [0.717, 1.165) is 32.8 Å². The maximum atomic E-state index is 6.02. The molecule has 0 aliphatic carbocycles. The quantitative estimate of drug-likeness (QED) is 0.309. The molecular weight excluding hydrogens is 402 g/mol. The minimum atomic E-state index is 0.646. The minimum absolute atomic E-state index is 0.646. The van der Waals surface area contributed by atoms with Crippen LogP contribution in [-0.2, 0) is 0 Å². The summed E-state index contributed by atoms with van der Waals surface area (Å²) < 4.78 is 0. The van der Waals surface area contributed by atoms with Crippen molar-refractivity contribution in [3.63, 3.8) is 0 Å². The van der Waals surface area contributed by atoms with Gasteiger partial charge >= 0.3 is 0 Å². The van der Waals surface area contributed by atoms with Crippen LogP contribution in [0.1, 0.15) is 0 Å². The van der Waals surface area contributed by atoms with E-state index in [1.54, 1.807) is 6.33 Å². The maximum Gasteiger partial charge on any atom is 0.163 e. The van der Waals surface area contributed by atoms with Gasteiger partial charge in [0, 0.05) is 16.1 Å². The van der Waals surface area contributed by atoms with Crippen molar-refractivity contribution in [1.82, 2.24) is 15.0 Å². The lowest BCUT2D eigenvalue weighted by Crippen LogP contribution is -1.95. The van der Waals surface area contributed by atoms with Crippen molar-refractivity contribution in [1.29, 1.82) is 0 Å². The third kappa shape index (κ3) is 4.23. The highest BCUT2D eigenvalue weighted by atomic mass is 35.5. The first-order valence-electron chi connectivity index (χ1n) is 9.97. The van der Waals surface area contributed by atoms with Gasteiger partial charge in [-0.1, -0.05) is 96.5 Å². The Labute approximate surface area is 186 Å². The van der Waals surface area contributed by atoms with Gasteiger partial charge in [0.1, 0.15) is 6.33 Å². The summed E-state index contributed by atoms with van der Waals surface area (Å²) in [4.78, 5) is 13.5. The van der Waals surface area contributed by atoms with Gasteiger partial charge < -0.3 is 0 Å². The van der Waals surface area contributed by atoms with Gasteiger partial charge in [-0.3, -0.25) is 0 Å². The van der Waals surface area contributed by atoms with E-state index in [0.29, 0.717) is 11.6 Å². The van der Waals surface area contributed by atoms with E-state index in [1.165, 1.54) is 5.56 Å². The highest BCUT2D eigenvalue weighted by Gasteiger charge is 2.08. The maximum absolute atomic E-state index is 6.02. The second kappa shape index (κ2) is 8.50. The molecule has 0 aliphatic heterocycles. The van der Waals surface area contributed by atoms with Crippen LogP contribution in [0, 0.1) is 0 Å². The first kappa shape index (κ1) is 19.2. The van der Waals surface area contributed by atoms with Crippen molar-refractivity contribution >= 4 is 11.6 Å². The zero-order valence-electron chi connectivity index (χ0n) is 16.6. The highest BCUT2D eigenvalue weighted by Crippen LogP contribution is 2.27. The molecule has 0 saturated heterocycles. The average molecular weight is 420 g/mol. The average Bonchev–Trinajstić information content (AvgIpc) is 2.85. The van der Waals surface area contributed by atoms with Gasteiger partial charge in [-0.2, -0.15) is 0 Å². The lowest BCUT2D eigenvalue weighted by atomic mass is 10.0. The van der Waals surface area contributed by atoms with Crippen LogP contribution in [0.5, 0.6) is 0 Å². The van der Waals surface area contributed by atoms with Crippen LogP contribution < -0.4 is 0 Å². The minimum Gasteiger partial charge on any atom is -0.217 e. The Morgan fingerprint density at radius 2 is 0.968 bits per heavy atom. The third-order valence-electron chi connectivity index (χ3n) is 5.12. The number of benzene rings is 4. The predicted molar refractivity (Wildman–Crippen MR) is 127 cm³/mol. The molecule has 0 radical (unpaired) electrons. The monoisotopic (exact) mass is 419 g/mol. The lowest BCUT2D eigenvalue weighted by molar-refractivity contribution is 1.07. The van der Waals surface area contributed by atoms with Crippen LogP contribution in [0.3, 0.4) is 0 Å². The number of rotatable bonds is 4. The van der Waals surface area contributed by atoms with Gasteiger partial charge in [-0.05, 0) is 40.5 Å². The van der Waals surface area contributed by atoms with Gasteiger partial charge in [0.15, 0.2) is 11.6 Å².